The Balaban J connectivity index is 1.85. The van der Waals surface area contributed by atoms with Gasteiger partial charge in [0.25, 0.3) is 0 Å². The first-order chi connectivity index (χ1) is 18.6. The average Bonchev–Trinajstić information content (AvgIpc) is 3.16. The first kappa shape index (κ1) is 29.5. The second-order valence-corrected chi connectivity index (χ2v) is 10.9. The number of hydrogen-bond acceptors (Lipinski definition) is 4. The van der Waals surface area contributed by atoms with Crippen LogP contribution in [0.25, 0.3) is 0 Å². The number of aryl methyl sites for hydroxylation is 1. The number of carboxylic acid groups (broad SMARTS) is 1. The SMILES string of the molecule is Cc1ccc(S[C@]2(C(=O)O)CC(=O)N(Cc3cc(C(F)(F)F)cc(C(F)(F)F)c3)[C@@H]2c2ccc(CO)cc2)cc1. The number of nitrogens with zero attached hydrogens (tertiary/aromatic N) is 1. The Labute approximate surface area is 229 Å². The summed E-state index contributed by atoms with van der Waals surface area (Å²) in [5, 5.41) is 19.9. The van der Waals surface area contributed by atoms with Gasteiger partial charge in [-0.1, -0.05) is 42.0 Å². The number of hydrogen-bond donors (Lipinski definition) is 2. The summed E-state index contributed by atoms with van der Waals surface area (Å²) in [5.41, 5.74) is -1.83. The molecule has 0 spiro atoms. The van der Waals surface area contributed by atoms with Crippen LogP contribution in [-0.2, 0) is 35.1 Å². The third kappa shape index (κ3) is 5.97. The van der Waals surface area contributed by atoms with Crippen molar-refractivity contribution in [1.82, 2.24) is 4.90 Å². The van der Waals surface area contributed by atoms with Gasteiger partial charge in [0.15, 0.2) is 4.75 Å². The lowest BCUT2D eigenvalue weighted by Gasteiger charge is -2.35. The van der Waals surface area contributed by atoms with Crippen molar-refractivity contribution in [3.63, 3.8) is 0 Å². The minimum atomic E-state index is -5.09. The number of benzene rings is 3. The first-order valence-corrected chi connectivity index (χ1v) is 12.7. The van der Waals surface area contributed by atoms with E-state index < -0.39 is 64.7 Å². The molecule has 3 aromatic carbocycles. The lowest BCUT2D eigenvalue weighted by atomic mass is 9.91. The molecule has 40 heavy (non-hydrogen) atoms. The molecule has 1 amide bonds. The maximum absolute atomic E-state index is 13.5. The van der Waals surface area contributed by atoms with Gasteiger partial charge in [0.2, 0.25) is 5.91 Å². The topological polar surface area (TPSA) is 77.8 Å². The van der Waals surface area contributed by atoms with Gasteiger partial charge >= 0.3 is 18.3 Å². The molecule has 1 fully saturated rings. The number of aliphatic hydroxyl groups excluding tert-OH is 1. The molecule has 2 atom stereocenters. The van der Waals surface area contributed by atoms with Gasteiger partial charge < -0.3 is 15.1 Å². The molecule has 0 bridgehead atoms. The molecule has 12 heteroatoms. The minimum Gasteiger partial charge on any atom is -0.480 e. The highest BCUT2D eigenvalue weighted by Gasteiger charge is 2.58. The summed E-state index contributed by atoms with van der Waals surface area (Å²) in [6.45, 7) is 0.819. The Kier molecular flexibility index (Phi) is 7.97. The number of thioether (sulfide) groups is 1. The molecule has 2 N–H and O–H groups in total. The van der Waals surface area contributed by atoms with Gasteiger partial charge in [-0.25, -0.2) is 0 Å². The van der Waals surface area contributed by atoms with Crippen molar-refractivity contribution in [1.29, 1.82) is 0 Å². The number of carboxylic acids is 1. The van der Waals surface area contributed by atoms with E-state index in [4.69, 9.17) is 0 Å². The van der Waals surface area contributed by atoms with E-state index in [9.17, 15) is 46.1 Å². The van der Waals surface area contributed by atoms with Crippen LogP contribution in [0.4, 0.5) is 26.3 Å². The van der Waals surface area contributed by atoms with E-state index in [0.717, 1.165) is 22.2 Å². The highest BCUT2D eigenvalue weighted by atomic mass is 32.2. The largest absolute Gasteiger partial charge is 0.480 e. The van der Waals surface area contributed by atoms with Crippen molar-refractivity contribution >= 4 is 23.6 Å². The fraction of sp³-hybridized carbons (Fsp3) is 0.286. The van der Waals surface area contributed by atoms with Crippen LogP contribution in [0.2, 0.25) is 0 Å². The summed E-state index contributed by atoms with van der Waals surface area (Å²) >= 11 is 0.890. The van der Waals surface area contributed by atoms with E-state index in [1.54, 1.807) is 24.3 Å². The Morgan fingerprint density at radius 3 is 1.95 bits per heavy atom. The van der Waals surface area contributed by atoms with Crippen molar-refractivity contribution in [3.05, 3.63) is 100 Å². The van der Waals surface area contributed by atoms with Gasteiger partial charge in [-0.15, -0.1) is 11.8 Å². The van der Waals surface area contributed by atoms with Crippen LogP contribution < -0.4 is 0 Å². The van der Waals surface area contributed by atoms with Gasteiger partial charge in [0, 0.05) is 11.4 Å². The Morgan fingerprint density at radius 2 is 1.48 bits per heavy atom. The standard InChI is InChI=1S/C28H23F6NO4S/c1-16-2-8-22(9-3-16)40-26(25(38)39)13-23(37)35(24(26)19-6-4-17(15-36)5-7-19)14-18-10-20(27(29,30)31)12-21(11-18)28(32,33)34/h2-12,24,36H,13-15H2,1H3,(H,38,39)/t24-,26-/m1/s1. The third-order valence-corrected chi connectivity index (χ3v) is 8.06. The molecule has 0 saturated carbocycles. The zero-order valence-electron chi connectivity index (χ0n) is 20.9. The summed E-state index contributed by atoms with van der Waals surface area (Å²) < 4.78 is 79.1. The number of carbonyl (C=O) groups is 2. The predicted octanol–water partition coefficient (Wildman–Crippen LogP) is 6.61. The molecule has 5 nitrogen and oxygen atoms in total. The summed E-state index contributed by atoms with van der Waals surface area (Å²) in [5.74, 6) is -2.12. The normalized spacial score (nSPS) is 19.8. The van der Waals surface area contributed by atoms with Crippen molar-refractivity contribution < 1.29 is 46.1 Å². The van der Waals surface area contributed by atoms with Gasteiger partial charge in [0.05, 0.1) is 30.2 Å². The number of carbonyl (C=O) groups excluding carboxylic acids is 1. The molecule has 0 radical (unpaired) electrons. The van der Waals surface area contributed by atoms with Crippen molar-refractivity contribution in [2.75, 3.05) is 0 Å². The van der Waals surface area contributed by atoms with Crippen molar-refractivity contribution in [3.8, 4) is 0 Å². The number of likely N-dealkylation sites (tertiary alicyclic amines) is 1. The number of alkyl halides is 6. The van der Waals surface area contributed by atoms with Gasteiger partial charge in [-0.05, 0) is 53.9 Å². The van der Waals surface area contributed by atoms with Crippen LogP contribution >= 0.6 is 11.8 Å². The zero-order chi connectivity index (χ0) is 29.5. The molecular formula is C28H23F6NO4S. The molecular weight excluding hydrogens is 560 g/mol. The quantitative estimate of drug-likeness (QED) is 0.306. The van der Waals surface area contributed by atoms with Crippen LogP contribution in [0, 0.1) is 6.92 Å². The van der Waals surface area contributed by atoms with Crippen LogP contribution in [0.15, 0.2) is 71.6 Å². The van der Waals surface area contributed by atoms with E-state index in [1.807, 2.05) is 6.92 Å². The number of amides is 1. The van der Waals surface area contributed by atoms with Crippen LogP contribution in [0.3, 0.4) is 0 Å². The molecule has 212 valence electrons. The average molecular weight is 584 g/mol. The predicted molar refractivity (Wildman–Crippen MR) is 134 cm³/mol. The number of aliphatic carboxylic acids is 1. The first-order valence-electron chi connectivity index (χ1n) is 11.9. The second kappa shape index (κ2) is 10.8. The highest BCUT2D eigenvalue weighted by molar-refractivity contribution is 8.01. The molecule has 0 unspecified atom stereocenters. The Hall–Kier alpha value is -3.51. The van der Waals surface area contributed by atoms with E-state index in [0.29, 0.717) is 28.2 Å². The van der Waals surface area contributed by atoms with Gasteiger partial charge in [-0.2, -0.15) is 26.3 Å². The number of aliphatic hydroxyl groups is 1. The number of halogens is 6. The summed E-state index contributed by atoms with van der Waals surface area (Å²) in [6, 6.07) is 12.6. The lowest BCUT2D eigenvalue weighted by molar-refractivity contribution is -0.143. The van der Waals surface area contributed by atoms with Crippen LogP contribution in [0.1, 0.15) is 45.8 Å². The molecule has 3 aromatic rings. The molecule has 4 rings (SSSR count). The Morgan fingerprint density at radius 1 is 0.925 bits per heavy atom. The van der Waals surface area contributed by atoms with Crippen molar-refractivity contribution in [2.24, 2.45) is 0 Å². The van der Waals surface area contributed by atoms with Crippen LogP contribution in [0.5, 0.6) is 0 Å². The third-order valence-electron chi connectivity index (χ3n) is 6.65. The molecule has 0 aliphatic carbocycles. The molecule has 1 heterocycles. The maximum Gasteiger partial charge on any atom is 0.416 e. The molecule has 0 aromatic heterocycles. The number of rotatable bonds is 7. The summed E-state index contributed by atoms with van der Waals surface area (Å²) in [7, 11) is 0. The van der Waals surface area contributed by atoms with Crippen molar-refractivity contribution in [2.45, 2.75) is 54.5 Å². The van der Waals surface area contributed by atoms with E-state index in [-0.39, 0.29) is 12.7 Å². The van der Waals surface area contributed by atoms with E-state index in [1.165, 1.54) is 24.3 Å². The van der Waals surface area contributed by atoms with E-state index >= 15 is 0 Å². The lowest BCUT2D eigenvalue weighted by Crippen LogP contribution is -2.41. The Bertz CT molecular complexity index is 1370. The zero-order valence-corrected chi connectivity index (χ0v) is 21.7. The monoisotopic (exact) mass is 583 g/mol. The smallest absolute Gasteiger partial charge is 0.416 e. The second-order valence-electron chi connectivity index (χ2n) is 9.52. The summed E-state index contributed by atoms with van der Waals surface area (Å²) in [6.07, 6.45) is -10.7. The highest BCUT2D eigenvalue weighted by Crippen LogP contribution is 2.53. The van der Waals surface area contributed by atoms with Gasteiger partial charge in [-0.3, -0.25) is 9.59 Å². The molecule has 1 aliphatic heterocycles. The summed E-state index contributed by atoms with van der Waals surface area (Å²) in [4.78, 5) is 27.8. The van der Waals surface area contributed by atoms with Crippen LogP contribution in [-0.4, -0.2) is 31.7 Å². The fourth-order valence-corrected chi connectivity index (χ4v) is 6.06. The van der Waals surface area contributed by atoms with Gasteiger partial charge in [0.1, 0.15) is 0 Å². The van der Waals surface area contributed by atoms with E-state index in [2.05, 4.69) is 0 Å². The molecule has 1 aliphatic rings. The minimum absolute atomic E-state index is 0.00477. The fourth-order valence-electron chi connectivity index (χ4n) is 4.70. The molecule has 1 saturated heterocycles. The maximum atomic E-state index is 13.5.